The van der Waals surface area contributed by atoms with Crippen LogP contribution in [0.2, 0.25) is 0 Å². The van der Waals surface area contributed by atoms with Gasteiger partial charge in [0.1, 0.15) is 11.5 Å². The quantitative estimate of drug-likeness (QED) is 0.309. The highest BCUT2D eigenvalue weighted by Crippen LogP contribution is 2.21. The lowest BCUT2D eigenvalue weighted by Gasteiger charge is -2.03. The maximum atomic E-state index is 5.99. The van der Waals surface area contributed by atoms with E-state index >= 15 is 0 Å². The SMILES string of the molecule is Cc1ccc(CSc2nnc(N/N=C/c3ccc(C)o3)n2N)cc1. The van der Waals surface area contributed by atoms with Gasteiger partial charge in [0, 0.05) is 5.75 Å². The number of anilines is 1. The summed E-state index contributed by atoms with van der Waals surface area (Å²) in [5.74, 6) is 8.59. The normalized spacial score (nSPS) is 11.2. The second-order valence-corrected chi connectivity index (χ2v) is 6.21. The maximum absolute atomic E-state index is 5.99. The first kappa shape index (κ1) is 16.1. The van der Waals surface area contributed by atoms with Crippen molar-refractivity contribution in [3.05, 3.63) is 59.0 Å². The molecule has 124 valence electrons. The Morgan fingerprint density at radius 2 is 2.00 bits per heavy atom. The molecule has 8 heteroatoms. The molecule has 0 aliphatic heterocycles. The number of hydrazone groups is 1. The van der Waals surface area contributed by atoms with Gasteiger partial charge in [-0.05, 0) is 31.5 Å². The number of thioether (sulfide) groups is 1. The van der Waals surface area contributed by atoms with E-state index in [2.05, 4.69) is 51.9 Å². The summed E-state index contributed by atoms with van der Waals surface area (Å²) in [4.78, 5) is 0. The molecule has 2 heterocycles. The summed E-state index contributed by atoms with van der Waals surface area (Å²) in [6.07, 6.45) is 1.56. The average molecular weight is 342 g/mol. The first-order valence-corrected chi connectivity index (χ1v) is 8.35. The van der Waals surface area contributed by atoms with Crippen LogP contribution < -0.4 is 11.3 Å². The van der Waals surface area contributed by atoms with Gasteiger partial charge in [0.15, 0.2) is 0 Å². The molecule has 7 nitrogen and oxygen atoms in total. The minimum atomic E-state index is 0.362. The summed E-state index contributed by atoms with van der Waals surface area (Å²) < 4.78 is 6.76. The largest absolute Gasteiger partial charge is 0.460 e. The van der Waals surface area contributed by atoms with E-state index < -0.39 is 0 Å². The molecule has 0 aliphatic carbocycles. The Morgan fingerprint density at radius 1 is 1.21 bits per heavy atom. The molecule has 0 saturated heterocycles. The van der Waals surface area contributed by atoms with Crippen LogP contribution in [0.15, 0.2) is 51.1 Å². The Labute approximate surface area is 143 Å². The number of benzene rings is 1. The molecule has 0 saturated carbocycles. The van der Waals surface area contributed by atoms with E-state index in [0.717, 1.165) is 11.5 Å². The highest BCUT2D eigenvalue weighted by atomic mass is 32.2. The van der Waals surface area contributed by atoms with E-state index in [4.69, 9.17) is 10.3 Å². The molecule has 0 atom stereocenters. The number of furan rings is 1. The van der Waals surface area contributed by atoms with Gasteiger partial charge in [-0.2, -0.15) is 5.10 Å². The van der Waals surface area contributed by atoms with E-state index in [1.54, 1.807) is 6.21 Å². The summed E-state index contributed by atoms with van der Waals surface area (Å²) in [5.41, 5.74) is 5.20. The van der Waals surface area contributed by atoms with Crippen LogP contribution in [-0.4, -0.2) is 21.1 Å². The topological polar surface area (TPSA) is 94.3 Å². The van der Waals surface area contributed by atoms with Crippen molar-refractivity contribution in [3.8, 4) is 0 Å². The molecule has 0 amide bonds. The zero-order chi connectivity index (χ0) is 16.9. The van der Waals surface area contributed by atoms with E-state index in [0.29, 0.717) is 16.9 Å². The number of rotatable bonds is 6. The van der Waals surface area contributed by atoms with Gasteiger partial charge in [-0.25, -0.2) is 10.1 Å². The summed E-state index contributed by atoms with van der Waals surface area (Å²) >= 11 is 1.51. The third-order valence-corrected chi connectivity index (χ3v) is 4.28. The predicted molar refractivity (Wildman–Crippen MR) is 95.6 cm³/mol. The zero-order valence-electron chi connectivity index (χ0n) is 13.4. The van der Waals surface area contributed by atoms with Crippen molar-refractivity contribution in [3.63, 3.8) is 0 Å². The van der Waals surface area contributed by atoms with E-state index in [-0.39, 0.29) is 0 Å². The van der Waals surface area contributed by atoms with Crippen molar-refractivity contribution in [2.45, 2.75) is 24.8 Å². The van der Waals surface area contributed by atoms with Crippen LogP contribution in [0.1, 0.15) is 22.6 Å². The molecule has 0 unspecified atom stereocenters. The molecule has 3 N–H and O–H groups in total. The van der Waals surface area contributed by atoms with Crippen LogP contribution in [-0.2, 0) is 5.75 Å². The van der Waals surface area contributed by atoms with Crippen molar-refractivity contribution in [2.24, 2.45) is 5.10 Å². The van der Waals surface area contributed by atoms with Gasteiger partial charge in [-0.1, -0.05) is 41.6 Å². The molecule has 3 aromatic rings. The number of aromatic nitrogens is 3. The van der Waals surface area contributed by atoms with Crippen LogP contribution in [0.5, 0.6) is 0 Å². The first-order chi connectivity index (χ1) is 11.6. The van der Waals surface area contributed by atoms with Crippen LogP contribution in [0.25, 0.3) is 0 Å². The predicted octanol–water partition coefficient (Wildman–Crippen LogP) is 2.94. The Morgan fingerprint density at radius 3 is 2.71 bits per heavy atom. The molecule has 0 spiro atoms. The van der Waals surface area contributed by atoms with Crippen molar-refractivity contribution >= 4 is 23.9 Å². The molecular formula is C16H18N6OS. The van der Waals surface area contributed by atoms with Gasteiger partial charge in [-0.3, -0.25) is 0 Å². The van der Waals surface area contributed by atoms with Gasteiger partial charge in [0.25, 0.3) is 5.95 Å². The molecule has 0 bridgehead atoms. The number of nitrogens with two attached hydrogens (primary N) is 1. The van der Waals surface area contributed by atoms with Gasteiger partial charge < -0.3 is 10.3 Å². The van der Waals surface area contributed by atoms with Crippen LogP contribution in [0.4, 0.5) is 5.95 Å². The zero-order valence-corrected chi connectivity index (χ0v) is 14.2. The minimum Gasteiger partial charge on any atom is -0.460 e. The highest BCUT2D eigenvalue weighted by molar-refractivity contribution is 7.98. The van der Waals surface area contributed by atoms with Crippen LogP contribution in [0.3, 0.4) is 0 Å². The number of nitrogen functional groups attached to an aromatic ring is 1. The smallest absolute Gasteiger partial charge is 0.264 e. The summed E-state index contributed by atoms with van der Waals surface area (Å²) in [5, 5.41) is 12.7. The van der Waals surface area contributed by atoms with Crippen molar-refractivity contribution in [1.29, 1.82) is 0 Å². The minimum absolute atomic E-state index is 0.362. The molecule has 0 radical (unpaired) electrons. The Hall–Kier alpha value is -2.74. The van der Waals surface area contributed by atoms with Crippen molar-refractivity contribution < 1.29 is 4.42 Å². The van der Waals surface area contributed by atoms with Gasteiger partial charge in [0.2, 0.25) is 5.16 Å². The number of hydrogen-bond acceptors (Lipinski definition) is 7. The summed E-state index contributed by atoms with van der Waals surface area (Å²) in [7, 11) is 0. The van der Waals surface area contributed by atoms with Gasteiger partial charge in [0.05, 0.1) is 6.21 Å². The molecule has 1 aromatic carbocycles. The third-order valence-electron chi connectivity index (χ3n) is 3.27. The lowest BCUT2D eigenvalue weighted by atomic mass is 10.2. The molecular weight excluding hydrogens is 324 g/mol. The van der Waals surface area contributed by atoms with Gasteiger partial charge >= 0.3 is 0 Å². The van der Waals surface area contributed by atoms with E-state index in [1.807, 2.05) is 19.1 Å². The molecule has 0 fully saturated rings. The molecule has 2 aromatic heterocycles. The fourth-order valence-electron chi connectivity index (χ4n) is 1.96. The van der Waals surface area contributed by atoms with Crippen molar-refractivity contribution in [2.75, 3.05) is 11.3 Å². The second-order valence-electron chi connectivity index (χ2n) is 5.27. The second kappa shape index (κ2) is 7.22. The first-order valence-electron chi connectivity index (χ1n) is 7.36. The standard InChI is InChI=1S/C16H18N6OS/c1-11-3-6-13(7-4-11)10-24-16-21-20-15(22(16)17)19-18-9-14-8-5-12(2)23-14/h3-9H,10,17H2,1-2H3,(H,19,20)/b18-9+. The number of aryl methyl sites for hydroxylation is 2. The Balaban J connectivity index is 1.59. The number of nitrogens with zero attached hydrogens (tertiary/aromatic N) is 4. The molecule has 0 aliphatic rings. The van der Waals surface area contributed by atoms with Gasteiger partial charge in [-0.15, -0.1) is 10.2 Å². The number of hydrogen-bond donors (Lipinski definition) is 2. The lowest BCUT2D eigenvalue weighted by Crippen LogP contribution is -2.13. The Bertz CT molecular complexity index is 837. The van der Waals surface area contributed by atoms with Crippen LogP contribution in [0, 0.1) is 13.8 Å². The third kappa shape index (κ3) is 3.96. The molecule has 24 heavy (non-hydrogen) atoms. The monoisotopic (exact) mass is 342 g/mol. The van der Waals surface area contributed by atoms with E-state index in [1.165, 1.54) is 27.6 Å². The Kier molecular flexibility index (Phi) is 4.85. The maximum Gasteiger partial charge on any atom is 0.264 e. The summed E-state index contributed by atoms with van der Waals surface area (Å²) in [6.45, 7) is 3.94. The fraction of sp³-hybridized carbons (Fsp3) is 0.188. The number of nitrogens with one attached hydrogen (secondary N) is 1. The van der Waals surface area contributed by atoms with E-state index in [9.17, 15) is 0 Å². The van der Waals surface area contributed by atoms with Crippen molar-refractivity contribution in [1.82, 2.24) is 14.9 Å². The lowest BCUT2D eigenvalue weighted by molar-refractivity contribution is 0.528. The molecule has 3 rings (SSSR count). The summed E-state index contributed by atoms with van der Waals surface area (Å²) in [6, 6.07) is 12.0. The highest BCUT2D eigenvalue weighted by Gasteiger charge is 2.09. The fourth-order valence-corrected chi connectivity index (χ4v) is 2.77. The van der Waals surface area contributed by atoms with Crippen LogP contribution >= 0.6 is 11.8 Å². The average Bonchev–Trinajstić information content (AvgIpc) is 3.14.